The summed E-state index contributed by atoms with van der Waals surface area (Å²) in [6.45, 7) is 0.639. The van der Waals surface area contributed by atoms with Crippen LogP contribution in [0.5, 0.6) is 0 Å². The fourth-order valence-corrected chi connectivity index (χ4v) is 4.32. The molecular weight excluding hydrogens is 330 g/mol. The highest BCUT2D eigenvalue weighted by Crippen LogP contribution is 2.28. The predicted molar refractivity (Wildman–Crippen MR) is 95.3 cm³/mol. The summed E-state index contributed by atoms with van der Waals surface area (Å²) in [7, 11) is 0. The predicted octanol–water partition coefficient (Wildman–Crippen LogP) is 4.52. The second-order valence-corrected chi connectivity index (χ2v) is 7.38. The van der Waals surface area contributed by atoms with Crippen LogP contribution in [0.4, 0.5) is 0 Å². The van der Waals surface area contributed by atoms with Gasteiger partial charge in [-0.1, -0.05) is 19.3 Å². The average Bonchev–Trinajstić information content (AvgIpc) is 2.98. The van der Waals surface area contributed by atoms with Gasteiger partial charge in [0.05, 0.1) is 0 Å². The van der Waals surface area contributed by atoms with Gasteiger partial charge in [0, 0.05) is 22.7 Å². The molecule has 0 unspecified atom stereocenters. The Morgan fingerprint density at radius 3 is 2.74 bits per heavy atom. The van der Waals surface area contributed by atoms with Crippen molar-refractivity contribution in [3.8, 4) is 0 Å². The molecule has 1 amide bonds. The molecule has 122 valence electrons. The second-order valence-electron chi connectivity index (χ2n) is 6.12. The standard InChI is InChI=1S/C18H20ClNO2S/c19-17(21)13-6-7-16-15(10-13)14(11-23-16)8-9-20-18(22)12-4-2-1-3-5-12/h6-7,10-12H,1-5,8-9H2,(H,20,22). The molecule has 0 bridgehead atoms. The summed E-state index contributed by atoms with van der Waals surface area (Å²) in [5.74, 6) is 0.393. The first-order chi connectivity index (χ1) is 11.1. The molecule has 0 atom stereocenters. The maximum absolute atomic E-state index is 12.2. The van der Waals surface area contributed by atoms with E-state index in [2.05, 4.69) is 10.7 Å². The Hall–Kier alpha value is -1.39. The lowest BCUT2D eigenvalue weighted by Gasteiger charge is -2.20. The third-order valence-electron chi connectivity index (χ3n) is 4.55. The van der Waals surface area contributed by atoms with Gasteiger partial charge in [0.25, 0.3) is 5.24 Å². The molecule has 1 aliphatic rings. The minimum absolute atomic E-state index is 0.195. The summed E-state index contributed by atoms with van der Waals surface area (Å²) in [6.07, 6.45) is 6.42. The Kier molecular flexibility index (Phi) is 5.34. The van der Waals surface area contributed by atoms with Crippen molar-refractivity contribution >= 4 is 44.2 Å². The van der Waals surface area contributed by atoms with Crippen LogP contribution in [0.15, 0.2) is 23.6 Å². The smallest absolute Gasteiger partial charge is 0.252 e. The SMILES string of the molecule is O=C(Cl)c1ccc2scc(CCNC(=O)C3CCCCC3)c2c1. The van der Waals surface area contributed by atoms with Gasteiger partial charge in [0.15, 0.2) is 0 Å². The number of thiophene rings is 1. The molecule has 1 aromatic heterocycles. The number of halogens is 1. The zero-order chi connectivity index (χ0) is 16.2. The molecule has 5 heteroatoms. The molecule has 3 rings (SSSR count). The van der Waals surface area contributed by atoms with Gasteiger partial charge in [-0.05, 0) is 65.4 Å². The van der Waals surface area contributed by atoms with Crippen LogP contribution in [0.2, 0.25) is 0 Å². The Bertz CT molecular complexity index is 719. The monoisotopic (exact) mass is 349 g/mol. The molecule has 1 aromatic carbocycles. The molecule has 1 heterocycles. The highest BCUT2D eigenvalue weighted by Gasteiger charge is 2.20. The highest BCUT2D eigenvalue weighted by molar-refractivity contribution is 7.17. The van der Waals surface area contributed by atoms with Crippen molar-refractivity contribution in [1.82, 2.24) is 5.32 Å². The number of amides is 1. The van der Waals surface area contributed by atoms with E-state index in [-0.39, 0.29) is 11.8 Å². The van der Waals surface area contributed by atoms with E-state index in [1.807, 2.05) is 12.1 Å². The van der Waals surface area contributed by atoms with E-state index in [0.29, 0.717) is 12.1 Å². The van der Waals surface area contributed by atoms with E-state index in [4.69, 9.17) is 11.6 Å². The lowest BCUT2D eigenvalue weighted by Crippen LogP contribution is -2.33. The van der Waals surface area contributed by atoms with Gasteiger partial charge in [0.1, 0.15) is 0 Å². The fourth-order valence-electron chi connectivity index (χ4n) is 3.23. The highest BCUT2D eigenvalue weighted by atomic mass is 35.5. The Labute approximate surface area is 145 Å². The van der Waals surface area contributed by atoms with E-state index in [9.17, 15) is 9.59 Å². The van der Waals surface area contributed by atoms with E-state index in [0.717, 1.165) is 34.9 Å². The lowest BCUT2D eigenvalue weighted by molar-refractivity contribution is -0.125. The second kappa shape index (κ2) is 7.45. The van der Waals surface area contributed by atoms with Crippen LogP contribution in [0.25, 0.3) is 10.1 Å². The molecule has 23 heavy (non-hydrogen) atoms. The molecule has 2 aromatic rings. The van der Waals surface area contributed by atoms with Crippen molar-refractivity contribution in [2.45, 2.75) is 38.5 Å². The van der Waals surface area contributed by atoms with Gasteiger partial charge in [0.2, 0.25) is 5.91 Å². The molecule has 0 aliphatic heterocycles. The summed E-state index contributed by atoms with van der Waals surface area (Å²) < 4.78 is 1.14. The molecule has 0 radical (unpaired) electrons. The number of hydrogen-bond acceptors (Lipinski definition) is 3. The Morgan fingerprint density at radius 2 is 2.00 bits per heavy atom. The van der Waals surface area contributed by atoms with Crippen LogP contribution in [0.1, 0.15) is 48.0 Å². The quantitative estimate of drug-likeness (QED) is 0.807. The number of nitrogens with one attached hydrogen (secondary N) is 1. The zero-order valence-corrected chi connectivity index (χ0v) is 14.5. The maximum Gasteiger partial charge on any atom is 0.252 e. The number of carbonyl (C=O) groups is 2. The number of hydrogen-bond donors (Lipinski definition) is 1. The van der Waals surface area contributed by atoms with E-state index in [1.54, 1.807) is 17.4 Å². The number of carbonyl (C=O) groups excluding carboxylic acids is 2. The number of fused-ring (bicyclic) bond motifs is 1. The molecule has 0 spiro atoms. The molecule has 1 N–H and O–H groups in total. The fraction of sp³-hybridized carbons (Fsp3) is 0.444. The normalized spacial score (nSPS) is 15.7. The molecule has 1 saturated carbocycles. The first-order valence-corrected chi connectivity index (χ1v) is 9.38. The van der Waals surface area contributed by atoms with Crippen molar-refractivity contribution in [1.29, 1.82) is 0 Å². The van der Waals surface area contributed by atoms with Gasteiger partial charge < -0.3 is 5.32 Å². The minimum atomic E-state index is -0.436. The number of benzene rings is 1. The molecule has 3 nitrogen and oxygen atoms in total. The summed E-state index contributed by atoms with van der Waals surface area (Å²) in [5.41, 5.74) is 1.68. The lowest BCUT2D eigenvalue weighted by atomic mass is 9.88. The van der Waals surface area contributed by atoms with Crippen molar-refractivity contribution in [3.63, 3.8) is 0 Å². The molecule has 0 saturated heterocycles. The first kappa shape index (κ1) is 16.5. The number of rotatable bonds is 5. The maximum atomic E-state index is 12.2. The van der Waals surface area contributed by atoms with Gasteiger partial charge in [-0.15, -0.1) is 11.3 Å². The first-order valence-electron chi connectivity index (χ1n) is 8.13. The summed E-state index contributed by atoms with van der Waals surface area (Å²) >= 11 is 7.22. The van der Waals surface area contributed by atoms with Crippen molar-refractivity contribution in [2.75, 3.05) is 6.54 Å². The zero-order valence-electron chi connectivity index (χ0n) is 12.9. The van der Waals surface area contributed by atoms with Gasteiger partial charge in [-0.25, -0.2) is 0 Å². The summed E-state index contributed by atoms with van der Waals surface area (Å²) in [4.78, 5) is 23.5. The van der Waals surface area contributed by atoms with Crippen LogP contribution in [0.3, 0.4) is 0 Å². The third-order valence-corrected chi connectivity index (χ3v) is 5.78. The van der Waals surface area contributed by atoms with Crippen molar-refractivity contribution in [3.05, 3.63) is 34.7 Å². The van der Waals surface area contributed by atoms with Crippen LogP contribution in [-0.4, -0.2) is 17.7 Å². The summed E-state index contributed by atoms with van der Waals surface area (Å²) in [6, 6.07) is 5.53. The van der Waals surface area contributed by atoms with E-state index < -0.39 is 5.24 Å². The van der Waals surface area contributed by atoms with Gasteiger partial charge in [-0.2, -0.15) is 0 Å². The minimum Gasteiger partial charge on any atom is -0.356 e. The Balaban J connectivity index is 1.61. The summed E-state index contributed by atoms with van der Waals surface area (Å²) in [5, 5.41) is 5.79. The largest absolute Gasteiger partial charge is 0.356 e. The van der Waals surface area contributed by atoms with E-state index >= 15 is 0 Å². The molecular formula is C18H20ClNO2S. The molecule has 1 aliphatic carbocycles. The van der Waals surface area contributed by atoms with Crippen molar-refractivity contribution < 1.29 is 9.59 Å². The average molecular weight is 350 g/mol. The van der Waals surface area contributed by atoms with E-state index in [1.165, 1.54) is 19.3 Å². The topological polar surface area (TPSA) is 46.2 Å². The van der Waals surface area contributed by atoms with Gasteiger partial charge >= 0.3 is 0 Å². The van der Waals surface area contributed by atoms with Crippen molar-refractivity contribution in [2.24, 2.45) is 5.92 Å². The van der Waals surface area contributed by atoms with Crippen LogP contribution < -0.4 is 5.32 Å². The van der Waals surface area contributed by atoms with Gasteiger partial charge in [-0.3, -0.25) is 9.59 Å². The van der Waals surface area contributed by atoms with Crippen LogP contribution in [0, 0.1) is 5.92 Å². The Morgan fingerprint density at radius 1 is 1.22 bits per heavy atom. The molecule has 1 fully saturated rings. The third kappa shape index (κ3) is 3.93. The van der Waals surface area contributed by atoms with Crippen LogP contribution >= 0.6 is 22.9 Å². The van der Waals surface area contributed by atoms with Crippen LogP contribution in [-0.2, 0) is 11.2 Å².